The van der Waals surface area contributed by atoms with Crippen LogP contribution in [0.4, 0.5) is 0 Å². The van der Waals surface area contributed by atoms with Gasteiger partial charge in [-0.3, -0.25) is 9.97 Å². The molecule has 0 aliphatic heterocycles. The molecule has 0 aromatic carbocycles. The second-order valence-electron chi connectivity index (χ2n) is 5.23. The van der Waals surface area contributed by atoms with Crippen LogP contribution in [-0.2, 0) is 0 Å². The maximum atomic E-state index is 4.53. The van der Waals surface area contributed by atoms with E-state index in [1.165, 1.54) is 16.7 Å². The monoisotopic (exact) mass is 240 g/mol. The van der Waals surface area contributed by atoms with Gasteiger partial charge in [0.15, 0.2) is 0 Å². The van der Waals surface area contributed by atoms with Gasteiger partial charge >= 0.3 is 0 Å². The fourth-order valence-corrected chi connectivity index (χ4v) is 1.93. The average Bonchev–Trinajstić information content (AvgIpc) is 2.32. The Balaban J connectivity index is 2.47. The van der Waals surface area contributed by atoms with Gasteiger partial charge in [-0.05, 0) is 55.5 Å². The molecule has 2 rings (SSSR count). The van der Waals surface area contributed by atoms with Crippen LogP contribution in [0.2, 0.25) is 0 Å². The largest absolute Gasteiger partial charge is 0.260 e. The first-order valence-electron chi connectivity index (χ1n) is 6.39. The summed E-state index contributed by atoms with van der Waals surface area (Å²) in [4.78, 5) is 9.03. The van der Waals surface area contributed by atoms with Crippen LogP contribution in [0.15, 0.2) is 24.5 Å². The van der Waals surface area contributed by atoms with Gasteiger partial charge in [0, 0.05) is 23.7 Å². The molecule has 0 fully saturated rings. The van der Waals surface area contributed by atoms with Crippen LogP contribution in [0.25, 0.3) is 11.3 Å². The van der Waals surface area contributed by atoms with E-state index >= 15 is 0 Å². The Bertz CT molecular complexity index is 571. The van der Waals surface area contributed by atoms with Gasteiger partial charge < -0.3 is 0 Å². The van der Waals surface area contributed by atoms with Gasteiger partial charge in [0.05, 0.1) is 5.69 Å². The molecule has 0 N–H and O–H groups in total. The molecule has 0 atom stereocenters. The van der Waals surface area contributed by atoms with E-state index in [1.807, 2.05) is 12.4 Å². The molecular weight excluding hydrogens is 220 g/mol. The van der Waals surface area contributed by atoms with Gasteiger partial charge in [-0.1, -0.05) is 13.8 Å². The van der Waals surface area contributed by atoms with Crippen molar-refractivity contribution in [3.05, 3.63) is 46.9 Å². The normalized spacial score (nSPS) is 11.0. The molecule has 0 aliphatic rings. The number of hydrogen-bond acceptors (Lipinski definition) is 2. The van der Waals surface area contributed by atoms with E-state index in [-0.39, 0.29) is 0 Å². The van der Waals surface area contributed by atoms with Crippen LogP contribution in [0.1, 0.15) is 42.1 Å². The topological polar surface area (TPSA) is 25.8 Å². The molecule has 18 heavy (non-hydrogen) atoms. The van der Waals surface area contributed by atoms with Crippen molar-refractivity contribution < 1.29 is 0 Å². The summed E-state index contributed by atoms with van der Waals surface area (Å²) in [5, 5.41) is 0. The lowest BCUT2D eigenvalue weighted by atomic mass is 10.0. The smallest absolute Gasteiger partial charge is 0.0722 e. The zero-order chi connectivity index (χ0) is 13.3. The molecule has 0 amide bonds. The molecule has 0 unspecified atom stereocenters. The molecule has 2 nitrogen and oxygen atoms in total. The summed E-state index contributed by atoms with van der Waals surface area (Å²) in [6.45, 7) is 10.6. The Hall–Kier alpha value is -1.70. The number of rotatable bonds is 2. The molecule has 0 saturated heterocycles. The van der Waals surface area contributed by atoms with Gasteiger partial charge in [0.25, 0.3) is 0 Å². The summed E-state index contributed by atoms with van der Waals surface area (Å²) in [5.41, 5.74) is 7.01. The summed E-state index contributed by atoms with van der Waals surface area (Å²) >= 11 is 0. The third-order valence-electron chi connectivity index (χ3n) is 3.37. The van der Waals surface area contributed by atoms with Crippen LogP contribution >= 0.6 is 0 Å². The molecule has 0 saturated carbocycles. The van der Waals surface area contributed by atoms with E-state index in [2.05, 4.69) is 56.7 Å². The molecule has 0 bridgehead atoms. The minimum Gasteiger partial charge on any atom is -0.260 e. The molecule has 0 spiro atoms. The molecular formula is C16H20N2. The lowest BCUT2D eigenvalue weighted by Crippen LogP contribution is -1.97. The van der Waals surface area contributed by atoms with Gasteiger partial charge in [-0.15, -0.1) is 0 Å². The molecule has 0 radical (unpaired) electrons. The standard InChI is InChI=1S/C16H20N2/c1-10(2)15-7-12(4)14(9-18-15)16-6-11(3)13(5)8-17-16/h6-10H,1-5H3. The van der Waals surface area contributed by atoms with E-state index in [1.54, 1.807) is 0 Å². The highest BCUT2D eigenvalue weighted by Gasteiger charge is 2.08. The predicted octanol–water partition coefficient (Wildman–Crippen LogP) is 4.19. The van der Waals surface area contributed by atoms with E-state index in [4.69, 9.17) is 0 Å². The van der Waals surface area contributed by atoms with Gasteiger partial charge in [-0.2, -0.15) is 0 Å². The number of aryl methyl sites for hydroxylation is 3. The van der Waals surface area contributed by atoms with E-state index < -0.39 is 0 Å². The Kier molecular flexibility index (Phi) is 3.46. The molecule has 2 aromatic heterocycles. The van der Waals surface area contributed by atoms with Crippen molar-refractivity contribution in [3.63, 3.8) is 0 Å². The van der Waals surface area contributed by atoms with Crippen molar-refractivity contribution in [1.82, 2.24) is 9.97 Å². The van der Waals surface area contributed by atoms with Crippen molar-refractivity contribution in [2.75, 3.05) is 0 Å². The molecule has 2 aromatic rings. The molecule has 94 valence electrons. The third kappa shape index (κ3) is 2.42. The highest BCUT2D eigenvalue weighted by molar-refractivity contribution is 5.63. The Morgan fingerprint density at radius 2 is 1.56 bits per heavy atom. The maximum absolute atomic E-state index is 4.53. The molecule has 2 heteroatoms. The first kappa shape index (κ1) is 12.7. The van der Waals surface area contributed by atoms with Crippen LogP contribution < -0.4 is 0 Å². The van der Waals surface area contributed by atoms with E-state index in [9.17, 15) is 0 Å². The van der Waals surface area contributed by atoms with Gasteiger partial charge in [-0.25, -0.2) is 0 Å². The molecule has 2 heterocycles. The maximum Gasteiger partial charge on any atom is 0.0722 e. The average molecular weight is 240 g/mol. The van der Waals surface area contributed by atoms with Crippen LogP contribution in [0, 0.1) is 20.8 Å². The number of pyridine rings is 2. The zero-order valence-electron chi connectivity index (χ0n) is 11.8. The third-order valence-corrected chi connectivity index (χ3v) is 3.37. The Labute approximate surface area is 109 Å². The van der Waals surface area contributed by atoms with Gasteiger partial charge in [0.1, 0.15) is 0 Å². The summed E-state index contributed by atoms with van der Waals surface area (Å²) in [5.74, 6) is 0.463. The van der Waals surface area contributed by atoms with Crippen LogP contribution in [-0.4, -0.2) is 9.97 Å². The number of hydrogen-bond donors (Lipinski definition) is 0. The number of aromatic nitrogens is 2. The Morgan fingerprint density at radius 1 is 0.833 bits per heavy atom. The fraction of sp³-hybridized carbons (Fsp3) is 0.375. The van der Waals surface area contributed by atoms with E-state index in [0.717, 1.165) is 17.0 Å². The molecule has 0 aliphatic carbocycles. The van der Waals surface area contributed by atoms with Crippen LogP contribution in [0.3, 0.4) is 0 Å². The lowest BCUT2D eigenvalue weighted by molar-refractivity contribution is 0.821. The van der Waals surface area contributed by atoms with Crippen molar-refractivity contribution >= 4 is 0 Å². The van der Waals surface area contributed by atoms with Crippen molar-refractivity contribution in [2.45, 2.75) is 40.5 Å². The SMILES string of the molecule is Cc1cnc(-c2cnc(C(C)C)cc2C)cc1C. The quantitative estimate of drug-likeness (QED) is 0.786. The lowest BCUT2D eigenvalue weighted by Gasteiger charge is -2.10. The highest BCUT2D eigenvalue weighted by Crippen LogP contribution is 2.24. The number of nitrogens with zero attached hydrogens (tertiary/aromatic N) is 2. The zero-order valence-corrected chi connectivity index (χ0v) is 11.8. The van der Waals surface area contributed by atoms with E-state index in [0.29, 0.717) is 5.92 Å². The summed E-state index contributed by atoms with van der Waals surface area (Å²) in [6, 6.07) is 4.30. The van der Waals surface area contributed by atoms with Crippen LogP contribution in [0.5, 0.6) is 0 Å². The Morgan fingerprint density at radius 3 is 2.11 bits per heavy atom. The fourth-order valence-electron chi connectivity index (χ4n) is 1.93. The van der Waals surface area contributed by atoms with Crippen molar-refractivity contribution in [3.8, 4) is 11.3 Å². The van der Waals surface area contributed by atoms with Gasteiger partial charge in [0.2, 0.25) is 0 Å². The summed E-state index contributed by atoms with van der Waals surface area (Å²) < 4.78 is 0. The summed E-state index contributed by atoms with van der Waals surface area (Å²) in [7, 11) is 0. The second-order valence-corrected chi connectivity index (χ2v) is 5.23. The predicted molar refractivity (Wildman–Crippen MR) is 75.8 cm³/mol. The minimum absolute atomic E-state index is 0.463. The first-order chi connectivity index (χ1) is 8.49. The summed E-state index contributed by atoms with van der Waals surface area (Å²) in [6.07, 6.45) is 3.88. The first-order valence-corrected chi connectivity index (χ1v) is 6.39. The van der Waals surface area contributed by atoms with Crippen molar-refractivity contribution in [2.24, 2.45) is 0 Å². The highest BCUT2D eigenvalue weighted by atomic mass is 14.7. The minimum atomic E-state index is 0.463. The second kappa shape index (κ2) is 4.89. The van der Waals surface area contributed by atoms with Crippen molar-refractivity contribution in [1.29, 1.82) is 0 Å².